The van der Waals surface area contributed by atoms with E-state index in [9.17, 15) is 0 Å². The van der Waals surface area contributed by atoms with Crippen LogP contribution in [0, 0.1) is 23.7 Å². The Kier molecular flexibility index (Phi) is 4.75. The lowest BCUT2D eigenvalue weighted by Gasteiger charge is -2.25. The van der Waals surface area contributed by atoms with Crippen LogP contribution in [0.25, 0.3) is 0 Å². The van der Waals surface area contributed by atoms with Gasteiger partial charge in [-0.1, -0.05) is 45.3 Å². The summed E-state index contributed by atoms with van der Waals surface area (Å²) in [7, 11) is 0. The van der Waals surface area contributed by atoms with Crippen molar-refractivity contribution in [2.45, 2.75) is 78.6 Å². The maximum Gasteiger partial charge on any atom is -0.00585 e. The van der Waals surface area contributed by atoms with Crippen LogP contribution in [0.15, 0.2) is 28.5 Å². The molecule has 0 aliphatic heterocycles. The van der Waals surface area contributed by atoms with Crippen LogP contribution in [0.5, 0.6) is 0 Å². The molecule has 3 aliphatic rings. The Labute approximate surface area is 131 Å². The SMILES string of the molecule is CCC1=C=C(CC(C)C)C=C(C2CCCC2)C(C2CC2)C1. The number of rotatable bonds is 5. The molecule has 116 valence electrons. The van der Waals surface area contributed by atoms with Crippen molar-refractivity contribution < 1.29 is 0 Å². The summed E-state index contributed by atoms with van der Waals surface area (Å²) in [4.78, 5) is 0. The van der Waals surface area contributed by atoms with Gasteiger partial charge in [-0.15, -0.1) is 5.73 Å². The van der Waals surface area contributed by atoms with E-state index in [4.69, 9.17) is 0 Å². The van der Waals surface area contributed by atoms with Gasteiger partial charge < -0.3 is 0 Å². The van der Waals surface area contributed by atoms with Crippen molar-refractivity contribution in [3.8, 4) is 0 Å². The Morgan fingerprint density at radius 3 is 2.43 bits per heavy atom. The topological polar surface area (TPSA) is 0 Å². The van der Waals surface area contributed by atoms with Crippen LogP contribution in [-0.4, -0.2) is 0 Å². The summed E-state index contributed by atoms with van der Waals surface area (Å²) in [6.07, 6.45) is 15.1. The van der Waals surface area contributed by atoms with E-state index in [-0.39, 0.29) is 0 Å². The van der Waals surface area contributed by atoms with Crippen LogP contribution < -0.4 is 0 Å². The summed E-state index contributed by atoms with van der Waals surface area (Å²) < 4.78 is 0. The molecule has 2 fully saturated rings. The Morgan fingerprint density at radius 1 is 1.14 bits per heavy atom. The van der Waals surface area contributed by atoms with Gasteiger partial charge in [0, 0.05) is 0 Å². The molecule has 0 nitrogen and oxygen atoms in total. The Bertz CT molecular complexity index is 460. The zero-order chi connectivity index (χ0) is 14.8. The highest BCUT2D eigenvalue weighted by molar-refractivity contribution is 5.33. The van der Waals surface area contributed by atoms with Gasteiger partial charge >= 0.3 is 0 Å². The molecule has 0 heterocycles. The zero-order valence-electron chi connectivity index (χ0n) is 14.3. The second kappa shape index (κ2) is 6.57. The van der Waals surface area contributed by atoms with Gasteiger partial charge in [0.15, 0.2) is 0 Å². The lowest BCUT2D eigenvalue weighted by Crippen LogP contribution is -2.14. The molecule has 0 radical (unpaired) electrons. The third-order valence-electron chi connectivity index (χ3n) is 5.65. The monoisotopic (exact) mass is 284 g/mol. The van der Waals surface area contributed by atoms with E-state index < -0.39 is 0 Å². The van der Waals surface area contributed by atoms with E-state index in [1.807, 2.05) is 5.57 Å². The summed E-state index contributed by atoms with van der Waals surface area (Å²) in [5.74, 6) is 3.50. The minimum atomic E-state index is 0.740. The van der Waals surface area contributed by atoms with Crippen LogP contribution in [-0.2, 0) is 0 Å². The average Bonchev–Trinajstić information content (AvgIpc) is 3.17. The highest BCUT2D eigenvalue weighted by Gasteiger charge is 2.37. The van der Waals surface area contributed by atoms with Gasteiger partial charge in [0.2, 0.25) is 0 Å². The molecular formula is C21H32. The quantitative estimate of drug-likeness (QED) is 0.509. The molecule has 0 spiro atoms. The Morgan fingerprint density at radius 2 is 1.86 bits per heavy atom. The number of hydrogen-bond donors (Lipinski definition) is 0. The molecule has 2 saturated carbocycles. The third-order valence-corrected chi connectivity index (χ3v) is 5.65. The van der Waals surface area contributed by atoms with Crippen LogP contribution in [0.3, 0.4) is 0 Å². The fourth-order valence-electron chi connectivity index (χ4n) is 4.41. The molecule has 0 amide bonds. The van der Waals surface area contributed by atoms with Crippen molar-refractivity contribution in [2.24, 2.45) is 23.7 Å². The first kappa shape index (κ1) is 15.2. The Hall–Kier alpha value is -0.740. The van der Waals surface area contributed by atoms with Crippen LogP contribution in [0.2, 0.25) is 0 Å². The van der Waals surface area contributed by atoms with Crippen LogP contribution >= 0.6 is 0 Å². The predicted octanol–water partition coefficient (Wildman–Crippen LogP) is 6.44. The molecule has 0 bridgehead atoms. The lowest BCUT2D eigenvalue weighted by atomic mass is 9.80. The van der Waals surface area contributed by atoms with Gasteiger partial charge in [0.25, 0.3) is 0 Å². The van der Waals surface area contributed by atoms with E-state index in [0.717, 1.165) is 23.7 Å². The largest absolute Gasteiger partial charge is 0.118 e. The summed E-state index contributed by atoms with van der Waals surface area (Å²) in [5.41, 5.74) is 8.75. The fourth-order valence-corrected chi connectivity index (χ4v) is 4.41. The fraction of sp³-hybridized carbons (Fsp3) is 0.762. The van der Waals surface area contributed by atoms with Crippen molar-refractivity contribution in [3.63, 3.8) is 0 Å². The molecule has 3 aliphatic carbocycles. The van der Waals surface area contributed by atoms with Crippen molar-refractivity contribution >= 4 is 0 Å². The normalized spacial score (nSPS) is 27.4. The van der Waals surface area contributed by atoms with E-state index in [1.165, 1.54) is 63.4 Å². The van der Waals surface area contributed by atoms with Crippen LogP contribution in [0.4, 0.5) is 0 Å². The van der Waals surface area contributed by atoms with Gasteiger partial charge in [-0.3, -0.25) is 0 Å². The molecular weight excluding hydrogens is 252 g/mol. The first-order chi connectivity index (χ1) is 10.2. The first-order valence-electron chi connectivity index (χ1n) is 9.36. The zero-order valence-corrected chi connectivity index (χ0v) is 14.3. The van der Waals surface area contributed by atoms with Crippen molar-refractivity contribution in [3.05, 3.63) is 28.5 Å². The summed E-state index contributed by atoms with van der Waals surface area (Å²) in [6, 6.07) is 0. The second-order valence-corrected chi connectivity index (χ2v) is 7.98. The second-order valence-electron chi connectivity index (χ2n) is 7.98. The van der Waals surface area contributed by atoms with Gasteiger partial charge in [-0.2, -0.15) is 0 Å². The molecule has 0 aromatic carbocycles. The van der Waals surface area contributed by atoms with Crippen molar-refractivity contribution in [1.29, 1.82) is 0 Å². The standard InChI is InChI=1S/C21H32/c1-4-16-12-17(11-15(2)3)14-21(18-7-5-6-8-18)20(13-16)19-9-10-19/h14-15,18-20H,4-11,13H2,1-3H3. The molecule has 1 unspecified atom stereocenters. The first-order valence-corrected chi connectivity index (χ1v) is 9.36. The summed E-state index contributed by atoms with van der Waals surface area (Å²) >= 11 is 0. The minimum absolute atomic E-state index is 0.740. The highest BCUT2D eigenvalue weighted by Crippen LogP contribution is 2.49. The molecule has 0 saturated heterocycles. The molecule has 0 aromatic heterocycles. The molecule has 0 N–H and O–H groups in total. The lowest BCUT2D eigenvalue weighted by molar-refractivity contribution is 0.454. The highest BCUT2D eigenvalue weighted by atomic mass is 14.4. The number of allylic oxidation sites excluding steroid dienone is 3. The summed E-state index contributed by atoms with van der Waals surface area (Å²) in [6.45, 7) is 7.00. The number of hydrogen-bond acceptors (Lipinski definition) is 0. The maximum absolute atomic E-state index is 3.82. The average molecular weight is 284 g/mol. The van der Waals surface area contributed by atoms with Gasteiger partial charge in [-0.25, -0.2) is 0 Å². The minimum Gasteiger partial charge on any atom is -0.118 e. The van der Waals surface area contributed by atoms with Gasteiger partial charge in [0.05, 0.1) is 0 Å². The van der Waals surface area contributed by atoms with Crippen molar-refractivity contribution in [1.82, 2.24) is 0 Å². The molecule has 1 atom stereocenters. The van der Waals surface area contributed by atoms with Gasteiger partial charge in [-0.05, 0) is 79.8 Å². The molecule has 3 rings (SSSR count). The smallest absolute Gasteiger partial charge is 0.00585 e. The predicted molar refractivity (Wildman–Crippen MR) is 91.2 cm³/mol. The maximum atomic E-state index is 3.82. The van der Waals surface area contributed by atoms with E-state index >= 15 is 0 Å². The molecule has 0 aromatic rings. The van der Waals surface area contributed by atoms with E-state index in [1.54, 1.807) is 5.57 Å². The van der Waals surface area contributed by atoms with Crippen LogP contribution in [0.1, 0.15) is 78.6 Å². The van der Waals surface area contributed by atoms with E-state index in [2.05, 4.69) is 32.6 Å². The summed E-state index contributed by atoms with van der Waals surface area (Å²) in [5, 5.41) is 0. The molecule has 0 heteroatoms. The van der Waals surface area contributed by atoms with E-state index in [0.29, 0.717) is 0 Å². The van der Waals surface area contributed by atoms with Gasteiger partial charge in [0.1, 0.15) is 0 Å². The van der Waals surface area contributed by atoms with Crippen molar-refractivity contribution in [2.75, 3.05) is 0 Å². The third kappa shape index (κ3) is 3.72. The molecule has 21 heavy (non-hydrogen) atoms. The Balaban J connectivity index is 1.93.